The quantitative estimate of drug-likeness (QED) is 0.901. The Hall–Kier alpha value is -1.80. The number of benzene rings is 2. The van der Waals surface area contributed by atoms with Crippen LogP contribution in [-0.4, -0.2) is 5.91 Å². The molecule has 0 unspecified atom stereocenters. The van der Waals surface area contributed by atoms with E-state index in [1.54, 1.807) is 0 Å². The van der Waals surface area contributed by atoms with Crippen LogP contribution in [0.2, 0.25) is 5.02 Å². The van der Waals surface area contributed by atoms with E-state index >= 15 is 0 Å². The van der Waals surface area contributed by atoms with Crippen molar-refractivity contribution in [2.45, 2.75) is 27.3 Å². The summed E-state index contributed by atoms with van der Waals surface area (Å²) in [6.07, 6.45) is 0. The zero-order chi connectivity index (χ0) is 14.7. The fraction of sp³-hybridized carbons (Fsp3) is 0.235. The largest absolute Gasteiger partial charge is 0.348 e. The van der Waals surface area contributed by atoms with E-state index in [2.05, 4.69) is 5.32 Å². The van der Waals surface area contributed by atoms with Crippen molar-refractivity contribution in [3.63, 3.8) is 0 Å². The molecule has 0 aliphatic rings. The zero-order valence-electron chi connectivity index (χ0n) is 12.0. The second-order valence-corrected chi connectivity index (χ2v) is 5.46. The van der Waals surface area contributed by atoms with Gasteiger partial charge < -0.3 is 5.32 Å². The highest BCUT2D eigenvalue weighted by Crippen LogP contribution is 2.18. The number of carbonyl (C=O) groups excluding carboxylic acids is 1. The van der Waals surface area contributed by atoms with Gasteiger partial charge in [-0.3, -0.25) is 4.79 Å². The highest BCUT2D eigenvalue weighted by molar-refractivity contribution is 6.31. The lowest BCUT2D eigenvalue weighted by molar-refractivity contribution is 0.0949. The summed E-state index contributed by atoms with van der Waals surface area (Å²) < 4.78 is 0. The summed E-state index contributed by atoms with van der Waals surface area (Å²) in [4.78, 5) is 12.3. The molecule has 104 valence electrons. The Labute approximate surface area is 124 Å². The number of halogens is 1. The van der Waals surface area contributed by atoms with Crippen molar-refractivity contribution in [3.8, 4) is 0 Å². The van der Waals surface area contributed by atoms with Crippen LogP contribution in [0, 0.1) is 20.8 Å². The Morgan fingerprint density at radius 3 is 2.30 bits per heavy atom. The maximum Gasteiger partial charge on any atom is 0.252 e. The highest BCUT2D eigenvalue weighted by atomic mass is 35.5. The van der Waals surface area contributed by atoms with Crippen molar-refractivity contribution >= 4 is 17.5 Å². The van der Waals surface area contributed by atoms with Crippen LogP contribution in [0.25, 0.3) is 0 Å². The topological polar surface area (TPSA) is 29.1 Å². The summed E-state index contributed by atoms with van der Waals surface area (Å²) in [5.41, 5.74) is 4.84. The van der Waals surface area contributed by atoms with Crippen molar-refractivity contribution in [2.24, 2.45) is 0 Å². The molecule has 1 N–H and O–H groups in total. The number of amides is 1. The minimum Gasteiger partial charge on any atom is -0.348 e. The summed E-state index contributed by atoms with van der Waals surface area (Å²) in [5, 5.41) is 3.61. The first-order valence-electron chi connectivity index (χ1n) is 6.58. The van der Waals surface area contributed by atoms with E-state index in [0.29, 0.717) is 11.6 Å². The Kier molecular flexibility index (Phi) is 4.46. The summed E-state index contributed by atoms with van der Waals surface area (Å²) >= 11 is 6.09. The maximum atomic E-state index is 12.3. The van der Waals surface area contributed by atoms with Crippen molar-refractivity contribution < 1.29 is 4.79 Å². The molecule has 0 aliphatic carbocycles. The smallest absolute Gasteiger partial charge is 0.252 e. The van der Waals surface area contributed by atoms with Crippen LogP contribution in [0.15, 0.2) is 36.4 Å². The Morgan fingerprint density at radius 2 is 1.70 bits per heavy atom. The Bertz CT molecular complexity index is 626. The number of hydrogen-bond acceptors (Lipinski definition) is 1. The molecule has 2 rings (SSSR count). The van der Waals surface area contributed by atoms with Crippen molar-refractivity contribution in [1.29, 1.82) is 0 Å². The Morgan fingerprint density at radius 1 is 1.10 bits per heavy atom. The van der Waals surface area contributed by atoms with E-state index in [1.807, 2.05) is 57.2 Å². The van der Waals surface area contributed by atoms with E-state index < -0.39 is 0 Å². The number of carbonyl (C=O) groups is 1. The van der Waals surface area contributed by atoms with Gasteiger partial charge in [-0.2, -0.15) is 0 Å². The third-order valence-electron chi connectivity index (χ3n) is 3.30. The van der Waals surface area contributed by atoms with Crippen molar-refractivity contribution in [1.82, 2.24) is 5.32 Å². The lowest BCUT2D eigenvalue weighted by Crippen LogP contribution is -2.24. The third-order valence-corrected chi connectivity index (χ3v) is 3.67. The zero-order valence-corrected chi connectivity index (χ0v) is 12.7. The standard InChI is InChI=1S/C17H18ClNO/c1-11-8-12(2)16(13(3)9-11)17(20)19-10-14-6-4-5-7-15(14)18/h4-9H,10H2,1-3H3,(H,19,20). The predicted octanol–water partition coefficient (Wildman–Crippen LogP) is 4.20. The molecular weight excluding hydrogens is 270 g/mol. The van der Waals surface area contributed by atoms with Crippen LogP contribution in [0.1, 0.15) is 32.6 Å². The summed E-state index contributed by atoms with van der Waals surface area (Å²) in [7, 11) is 0. The minimum atomic E-state index is -0.0556. The van der Waals surface area contributed by atoms with Gasteiger partial charge in [0.2, 0.25) is 0 Å². The van der Waals surface area contributed by atoms with Gasteiger partial charge in [-0.15, -0.1) is 0 Å². The van der Waals surface area contributed by atoms with E-state index in [1.165, 1.54) is 5.56 Å². The molecule has 0 fully saturated rings. The lowest BCUT2D eigenvalue weighted by Gasteiger charge is -2.12. The second-order valence-electron chi connectivity index (χ2n) is 5.05. The summed E-state index contributed by atoms with van der Waals surface area (Å²) in [5.74, 6) is -0.0556. The SMILES string of the molecule is Cc1cc(C)c(C(=O)NCc2ccccc2Cl)c(C)c1. The van der Waals surface area contributed by atoms with E-state index in [0.717, 1.165) is 22.3 Å². The molecule has 2 aromatic carbocycles. The highest BCUT2D eigenvalue weighted by Gasteiger charge is 2.12. The van der Waals surface area contributed by atoms with Crippen LogP contribution in [0.5, 0.6) is 0 Å². The van der Waals surface area contributed by atoms with Gasteiger partial charge in [-0.1, -0.05) is 47.5 Å². The molecular formula is C17H18ClNO. The monoisotopic (exact) mass is 287 g/mol. The molecule has 0 atom stereocenters. The van der Waals surface area contributed by atoms with Crippen LogP contribution in [-0.2, 0) is 6.54 Å². The molecule has 0 spiro atoms. The van der Waals surface area contributed by atoms with E-state index in [9.17, 15) is 4.79 Å². The van der Waals surface area contributed by atoms with E-state index in [-0.39, 0.29) is 5.91 Å². The molecule has 0 bridgehead atoms. The second kappa shape index (κ2) is 6.10. The molecule has 2 nitrogen and oxygen atoms in total. The fourth-order valence-corrected chi connectivity index (χ4v) is 2.65. The van der Waals surface area contributed by atoms with E-state index in [4.69, 9.17) is 11.6 Å². The number of aryl methyl sites for hydroxylation is 3. The minimum absolute atomic E-state index is 0.0556. The van der Waals surface area contributed by atoms with Crippen molar-refractivity contribution in [3.05, 3.63) is 69.2 Å². The van der Waals surface area contributed by atoms with Gasteiger partial charge in [0.25, 0.3) is 5.91 Å². The summed E-state index contributed by atoms with van der Waals surface area (Å²) in [6.45, 7) is 6.39. The van der Waals surface area contributed by atoms with Crippen LogP contribution in [0.4, 0.5) is 0 Å². The van der Waals surface area contributed by atoms with Gasteiger partial charge in [-0.25, -0.2) is 0 Å². The molecule has 2 aromatic rings. The summed E-state index contributed by atoms with van der Waals surface area (Å²) in [6, 6.07) is 11.6. The van der Waals surface area contributed by atoms with Gasteiger partial charge in [0.1, 0.15) is 0 Å². The first kappa shape index (κ1) is 14.6. The predicted molar refractivity (Wildman–Crippen MR) is 83.3 cm³/mol. The molecule has 0 saturated heterocycles. The Balaban J connectivity index is 2.16. The first-order chi connectivity index (χ1) is 9.49. The molecule has 0 saturated carbocycles. The fourth-order valence-electron chi connectivity index (χ4n) is 2.44. The van der Waals surface area contributed by atoms with Gasteiger partial charge in [-0.05, 0) is 43.5 Å². The van der Waals surface area contributed by atoms with Crippen LogP contribution >= 0.6 is 11.6 Å². The number of nitrogens with one attached hydrogen (secondary N) is 1. The molecule has 0 radical (unpaired) electrons. The van der Waals surface area contributed by atoms with Gasteiger partial charge in [0, 0.05) is 17.1 Å². The lowest BCUT2D eigenvalue weighted by atomic mass is 9.99. The van der Waals surface area contributed by atoms with Gasteiger partial charge in [0.15, 0.2) is 0 Å². The molecule has 1 amide bonds. The third kappa shape index (κ3) is 3.20. The maximum absolute atomic E-state index is 12.3. The molecule has 0 aliphatic heterocycles. The van der Waals surface area contributed by atoms with Crippen LogP contribution < -0.4 is 5.32 Å². The normalized spacial score (nSPS) is 10.4. The first-order valence-corrected chi connectivity index (χ1v) is 6.96. The molecule has 20 heavy (non-hydrogen) atoms. The van der Waals surface area contributed by atoms with Crippen molar-refractivity contribution in [2.75, 3.05) is 0 Å². The van der Waals surface area contributed by atoms with Gasteiger partial charge in [0.05, 0.1) is 0 Å². The average Bonchev–Trinajstić information content (AvgIpc) is 2.36. The van der Waals surface area contributed by atoms with Gasteiger partial charge >= 0.3 is 0 Å². The number of rotatable bonds is 3. The molecule has 0 heterocycles. The number of hydrogen-bond donors (Lipinski definition) is 1. The molecule has 0 aromatic heterocycles. The average molecular weight is 288 g/mol. The molecule has 3 heteroatoms. The van der Waals surface area contributed by atoms with Crippen LogP contribution in [0.3, 0.4) is 0 Å².